The first-order valence-corrected chi connectivity index (χ1v) is 7.00. The van der Waals surface area contributed by atoms with Crippen LogP contribution in [0.15, 0.2) is 18.2 Å². The number of H-pyrrole nitrogens is 1. The summed E-state index contributed by atoms with van der Waals surface area (Å²) in [6.07, 6.45) is 0. The van der Waals surface area contributed by atoms with Gasteiger partial charge in [0, 0.05) is 13.1 Å². The van der Waals surface area contributed by atoms with Crippen LogP contribution in [0.2, 0.25) is 4.34 Å². The van der Waals surface area contributed by atoms with Gasteiger partial charge in [-0.3, -0.25) is 9.89 Å². The van der Waals surface area contributed by atoms with Crippen LogP contribution in [-0.4, -0.2) is 48.2 Å². The molecule has 0 aliphatic rings. The number of aromatic nitrogens is 2. The molecule has 0 aliphatic heterocycles. The van der Waals surface area contributed by atoms with Crippen molar-refractivity contribution in [3.63, 3.8) is 0 Å². The van der Waals surface area contributed by atoms with Gasteiger partial charge in [-0.25, -0.2) is 0 Å². The van der Waals surface area contributed by atoms with Crippen molar-refractivity contribution < 1.29 is 4.79 Å². The molecular weight excluding hydrogens is 284 g/mol. The van der Waals surface area contributed by atoms with Gasteiger partial charge in [-0.15, -0.1) is 11.3 Å². The monoisotopic (exact) mass is 298 g/mol. The van der Waals surface area contributed by atoms with Crippen LogP contribution in [0.5, 0.6) is 0 Å². The molecule has 5 nitrogen and oxygen atoms in total. The van der Waals surface area contributed by atoms with Gasteiger partial charge in [0.1, 0.15) is 0 Å². The van der Waals surface area contributed by atoms with Crippen molar-refractivity contribution in [2.24, 2.45) is 0 Å². The van der Waals surface area contributed by atoms with Crippen molar-refractivity contribution in [3.05, 3.63) is 28.2 Å². The van der Waals surface area contributed by atoms with E-state index in [1.807, 2.05) is 31.1 Å². The first kappa shape index (κ1) is 14.0. The van der Waals surface area contributed by atoms with Crippen molar-refractivity contribution >= 4 is 28.8 Å². The molecule has 2 aromatic rings. The molecule has 1 amide bonds. The van der Waals surface area contributed by atoms with Gasteiger partial charge in [0.2, 0.25) is 0 Å². The lowest BCUT2D eigenvalue weighted by atomic mass is 10.3. The molecule has 2 rings (SSSR count). The number of amides is 1. The van der Waals surface area contributed by atoms with Gasteiger partial charge in [0.25, 0.3) is 5.91 Å². The van der Waals surface area contributed by atoms with E-state index in [1.54, 1.807) is 6.07 Å². The maximum absolute atomic E-state index is 11.8. The molecule has 0 fully saturated rings. The van der Waals surface area contributed by atoms with Gasteiger partial charge >= 0.3 is 0 Å². The standard InChI is InChI=1S/C12H15ClN4OS/c1-17(2)6-5-14-12(18)9-7-8(15-16-9)10-3-4-11(13)19-10/h3-4,7H,5-6H2,1-2H3,(H,14,18)(H,15,16). The Morgan fingerprint density at radius 1 is 1.53 bits per heavy atom. The van der Waals surface area contributed by atoms with E-state index < -0.39 is 0 Å². The van der Waals surface area contributed by atoms with Crippen molar-refractivity contribution in [1.29, 1.82) is 0 Å². The summed E-state index contributed by atoms with van der Waals surface area (Å²) in [5.74, 6) is -0.174. The van der Waals surface area contributed by atoms with Crippen LogP contribution in [-0.2, 0) is 0 Å². The maximum atomic E-state index is 11.8. The molecule has 0 atom stereocenters. The van der Waals surface area contributed by atoms with E-state index in [4.69, 9.17) is 11.6 Å². The minimum atomic E-state index is -0.174. The van der Waals surface area contributed by atoms with Crippen LogP contribution in [0.25, 0.3) is 10.6 Å². The molecule has 2 N–H and O–H groups in total. The van der Waals surface area contributed by atoms with Crippen LogP contribution in [0.4, 0.5) is 0 Å². The van der Waals surface area contributed by atoms with E-state index in [-0.39, 0.29) is 5.91 Å². The number of halogens is 1. The van der Waals surface area contributed by atoms with E-state index in [2.05, 4.69) is 15.5 Å². The van der Waals surface area contributed by atoms with Gasteiger partial charge in [0.05, 0.1) is 14.9 Å². The third-order valence-corrected chi connectivity index (χ3v) is 3.76. The third-order valence-electron chi connectivity index (χ3n) is 2.49. The van der Waals surface area contributed by atoms with Crippen molar-refractivity contribution in [3.8, 4) is 10.6 Å². The second kappa shape index (κ2) is 6.18. The number of hydrogen-bond donors (Lipinski definition) is 2. The minimum absolute atomic E-state index is 0.174. The molecule has 0 spiro atoms. The summed E-state index contributed by atoms with van der Waals surface area (Å²) in [5.41, 5.74) is 1.19. The van der Waals surface area contributed by atoms with E-state index in [9.17, 15) is 4.79 Å². The van der Waals surface area contributed by atoms with Crippen LogP contribution in [0.3, 0.4) is 0 Å². The van der Waals surface area contributed by atoms with Gasteiger partial charge in [0.15, 0.2) is 5.69 Å². The first-order chi connectivity index (χ1) is 9.06. The average molecular weight is 299 g/mol. The Kier molecular flexibility index (Phi) is 4.57. The van der Waals surface area contributed by atoms with Gasteiger partial charge < -0.3 is 10.2 Å². The molecule has 0 saturated heterocycles. The van der Waals surface area contributed by atoms with E-state index in [0.717, 1.165) is 17.1 Å². The highest BCUT2D eigenvalue weighted by Gasteiger charge is 2.12. The number of nitrogens with zero attached hydrogens (tertiary/aromatic N) is 2. The Morgan fingerprint density at radius 3 is 2.95 bits per heavy atom. The Balaban J connectivity index is 1.98. The van der Waals surface area contributed by atoms with Crippen LogP contribution in [0.1, 0.15) is 10.5 Å². The Labute approximate surface area is 120 Å². The van der Waals surface area contributed by atoms with Crippen molar-refractivity contribution in [1.82, 2.24) is 20.4 Å². The molecular formula is C12H15ClN4OS. The molecule has 7 heteroatoms. The number of rotatable bonds is 5. The highest BCUT2D eigenvalue weighted by molar-refractivity contribution is 7.19. The van der Waals surface area contributed by atoms with Gasteiger partial charge in [-0.2, -0.15) is 5.10 Å². The van der Waals surface area contributed by atoms with Crippen LogP contribution >= 0.6 is 22.9 Å². The summed E-state index contributed by atoms with van der Waals surface area (Å²) in [6.45, 7) is 1.39. The molecule has 0 aliphatic carbocycles. The summed E-state index contributed by atoms with van der Waals surface area (Å²) in [7, 11) is 3.92. The second-order valence-electron chi connectivity index (χ2n) is 4.33. The van der Waals surface area contributed by atoms with Crippen LogP contribution in [0, 0.1) is 0 Å². The highest BCUT2D eigenvalue weighted by atomic mass is 35.5. The van der Waals surface area contributed by atoms with Gasteiger partial charge in [-0.1, -0.05) is 11.6 Å². The largest absolute Gasteiger partial charge is 0.349 e. The van der Waals surface area contributed by atoms with Crippen LogP contribution < -0.4 is 5.32 Å². The number of carbonyl (C=O) groups excluding carboxylic acids is 1. The predicted molar refractivity (Wildman–Crippen MR) is 77.8 cm³/mol. The normalized spacial score (nSPS) is 10.9. The number of hydrogen-bond acceptors (Lipinski definition) is 4. The Bertz CT molecular complexity index is 564. The summed E-state index contributed by atoms with van der Waals surface area (Å²) < 4.78 is 0.710. The fourth-order valence-electron chi connectivity index (χ4n) is 1.51. The van der Waals surface area contributed by atoms with E-state index in [1.165, 1.54) is 11.3 Å². The molecule has 102 valence electrons. The molecule has 0 aromatic carbocycles. The Hall–Kier alpha value is -1.37. The number of likely N-dealkylation sites (N-methyl/N-ethyl adjacent to an activating group) is 1. The second-order valence-corrected chi connectivity index (χ2v) is 6.04. The quantitative estimate of drug-likeness (QED) is 0.888. The number of thiophene rings is 1. The minimum Gasteiger partial charge on any atom is -0.349 e. The molecule has 0 saturated carbocycles. The molecule has 19 heavy (non-hydrogen) atoms. The zero-order chi connectivity index (χ0) is 13.8. The molecule has 2 aromatic heterocycles. The first-order valence-electron chi connectivity index (χ1n) is 5.80. The number of aromatic amines is 1. The maximum Gasteiger partial charge on any atom is 0.271 e. The average Bonchev–Trinajstić information content (AvgIpc) is 2.96. The molecule has 2 heterocycles. The fraction of sp³-hybridized carbons (Fsp3) is 0.333. The third kappa shape index (κ3) is 3.79. The van der Waals surface area contributed by atoms with Crippen molar-refractivity contribution in [2.75, 3.05) is 27.2 Å². The van der Waals surface area contributed by atoms with E-state index >= 15 is 0 Å². The summed E-state index contributed by atoms with van der Waals surface area (Å²) in [6, 6.07) is 5.45. The van der Waals surface area contributed by atoms with Gasteiger partial charge in [-0.05, 0) is 32.3 Å². The smallest absolute Gasteiger partial charge is 0.271 e. The highest BCUT2D eigenvalue weighted by Crippen LogP contribution is 2.29. The SMILES string of the molecule is CN(C)CCNC(=O)c1cc(-c2ccc(Cl)s2)[nH]n1. The summed E-state index contributed by atoms with van der Waals surface area (Å²) in [5, 5.41) is 9.67. The fourth-order valence-corrected chi connectivity index (χ4v) is 2.52. The topological polar surface area (TPSA) is 61.0 Å². The molecule has 0 unspecified atom stereocenters. The Morgan fingerprint density at radius 2 is 2.32 bits per heavy atom. The lowest BCUT2D eigenvalue weighted by Gasteiger charge is -2.09. The lowest BCUT2D eigenvalue weighted by Crippen LogP contribution is -2.31. The molecule has 0 radical (unpaired) electrons. The van der Waals surface area contributed by atoms with Crippen molar-refractivity contribution in [2.45, 2.75) is 0 Å². The summed E-state index contributed by atoms with van der Waals surface area (Å²) >= 11 is 7.32. The molecule has 0 bridgehead atoms. The number of nitrogens with one attached hydrogen (secondary N) is 2. The predicted octanol–water partition coefficient (Wildman–Crippen LogP) is 2.08. The lowest BCUT2D eigenvalue weighted by molar-refractivity contribution is 0.0946. The zero-order valence-corrected chi connectivity index (χ0v) is 12.3. The summed E-state index contributed by atoms with van der Waals surface area (Å²) in [4.78, 5) is 14.8. The van der Waals surface area contributed by atoms with E-state index in [0.29, 0.717) is 16.6 Å². The number of carbonyl (C=O) groups is 1. The zero-order valence-electron chi connectivity index (χ0n) is 10.7.